The molecule has 0 aromatic carbocycles. The summed E-state index contributed by atoms with van der Waals surface area (Å²) in [5.41, 5.74) is 0.595. The molecule has 0 aliphatic heterocycles. The van der Waals surface area contributed by atoms with Crippen LogP contribution < -0.4 is 6.15 Å². The zero-order valence-electron chi connectivity index (χ0n) is 8.48. The van der Waals surface area contributed by atoms with E-state index in [0.717, 1.165) is 11.8 Å². The van der Waals surface area contributed by atoms with Gasteiger partial charge in [0.25, 0.3) is 0 Å². The fraction of sp³-hybridized carbons (Fsp3) is 1.00. The van der Waals surface area contributed by atoms with Crippen LogP contribution in [0.25, 0.3) is 0 Å². The highest BCUT2D eigenvalue weighted by atomic mass is 14.4. The lowest BCUT2D eigenvalue weighted by Crippen LogP contribution is -2.32. The minimum atomic E-state index is 0. The first-order chi connectivity index (χ1) is 4.55. The predicted octanol–water partition coefficient (Wildman–Crippen LogP) is 3.63. The molecular formula is C10H23N. The second kappa shape index (κ2) is 3.57. The molecule has 1 nitrogen and oxygen atoms in total. The highest BCUT2D eigenvalue weighted by Gasteiger charge is 2.34. The van der Waals surface area contributed by atoms with Gasteiger partial charge in [0.15, 0.2) is 0 Å². The van der Waals surface area contributed by atoms with Crippen molar-refractivity contribution in [3.8, 4) is 0 Å². The van der Waals surface area contributed by atoms with Gasteiger partial charge in [0, 0.05) is 0 Å². The van der Waals surface area contributed by atoms with Gasteiger partial charge in [-0.15, -0.1) is 0 Å². The van der Waals surface area contributed by atoms with Gasteiger partial charge in [-0.3, -0.25) is 0 Å². The molecule has 1 aliphatic rings. The quantitative estimate of drug-likeness (QED) is 0.572. The second-order valence-electron chi connectivity index (χ2n) is 4.55. The van der Waals surface area contributed by atoms with Crippen LogP contribution in [0.5, 0.6) is 0 Å². The lowest BCUT2D eigenvalue weighted by atomic mass is 9.64. The van der Waals surface area contributed by atoms with E-state index in [-0.39, 0.29) is 6.15 Å². The Morgan fingerprint density at radius 3 is 1.64 bits per heavy atom. The third kappa shape index (κ3) is 1.96. The molecule has 0 heterocycles. The van der Waals surface area contributed by atoms with E-state index < -0.39 is 0 Å². The maximum atomic E-state index is 2.42. The fourth-order valence-electron chi connectivity index (χ4n) is 1.96. The van der Waals surface area contributed by atoms with Crippen molar-refractivity contribution >= 4 is 0 Å². The highest BCUT2D eigenvalue weighted by molar-refractivity contribution is 4.84. The van der Waals surface area contributed by atoms with Crippen molar-refractivity contribution in [2.75, 3.05) is 0 Å². The van der Waals surface area contributed by atoms with E-state index in [1.165, 1.54) is 19.3 Å². The molecule has 0 amide bonds. The Kier molecular flexibility index (Phi) is 3.56. The number of hydrogen-bond acceptors (Lipinski definition) is 1. The largest absolute Gasteiger partial charge is 0.344 e. The summed E-state index contributed by atoms with van der Waals surface area (Å²) >= 11 is 0. The molecule has 0 aromatic rings. The molecule has 11 heavy (non-hydrogen) atoms. The molecule has 1 heteroatoms. The molecule has 0 saturated heterocycles. The maximum Gasteiger partial charge on any atom is -0.0303 e. The Bertz CT molecular complexity index is 106. The first kappa shape index (κ1) is 11.0. The zero-order valence-corrected chi connectivity index (χ0v) is 8.48. The van der Waals surface area contributed by atoms with Gasteiger partial charge in [0.1, 0.15) is 0 Å². The summed E-state index contributed by atoms with van der Waals surface area (Å²) in [5, 5.41) is 0. The third-order valence-corrected chi connectivity index (χ3v) is 3.81. The Morgan fingerprint density at radius 2 is 1.36 bits per heavy atom. The molecule has 1 rings (SSSR count). The SMILES string of the molecule is CC1CCCC(C)C1(C)C.N. The molecule has 2 unspecified atom stereocenters. The van der Waals surface area contributed by atoms with E-state index in [2.05, 4.69) is 27.7 Å². The topological polar surface area (TPSA) is 35.0 Å². The van der Waals surface area contributed by atoms with E-state index in [0.29, 0.717) is 5.41 Å². The molecule has 3 N–H and O–H groups in total. The average Bonchev–Trinajstić information content (AvgIpc) is 1.84. The Labute approximate surface area is 71.2 Å². The maximum absolute atomic E-state index is 2.42. The molecular weight excluding hydrogens is 134 g/mol. The average molecular weight is 157 g/mol. The molecule has 1 aliphatic carbocycles. The van der Waals surface area contributed by atoms with Gasteiger partial charge >= 0.3 is 0 Å². The van der Waals surface area contributed by atoms with Crippen LogP contribution in [0.1, 0.15) is 47.0 Å². The lowest BCUT2D eigenvalue weighted by molar-refractivity contribution is 0.0832. The normalized spacial score (nSPS) is 36.0. The van der Waals surface area contributed by atoms with Crippen LogP contribution in [0.4, 0.5) is 0 Å². The zero-order chi connectivity index (χ0) is 7.78. The van der Waals surface area contributed by atoms with E-state index in [4.69, 9.17) is 0 Å². The summed E-state index contributed by atoms with van der Waals surface area (Å²) in [6.45, 7) is 9.63. The van der Waals surface area contributed by atoms with Gasteiger partial charge in [-0.25, -0.2) is 0 Å². The summed E-state index contributed by atoms with van der Waals surface area (Å²) in [4.78, 5) is 0. The number of hydrogen-bond donors (Lipinski definition) is 1. The van der Waals surface area contributed by atoms with E-state index in [9.17, 15) is 0 Å². The van der Waals surface area contributed by atoms with Crippen LogP contribution in [0.3, 0.4) is 0 Å². The summed E-state index contributed by atoms with van der Waals surface area (Å²) in [7, 11) is 0. The Hall–Kier alpha value is -0.0400. The molecule has 1 saturated carbocycles. The first-order valence-corrected chi connectivity index (χ1v) is 4.55. The minimum absolute atomic E-state index is 0. The Balaban J connectivity index is 0.000001000. The molecule has 0 spiro atoms. The second-order valence-corrected chi connectivity index (χ2v) is 4.55. The van der Waals surface area contributed by atoms with Crippen molar-refractivity contribution in [1.82, 2.24) is 6.15 Å². The van der Waals surface area contributed by atoms with Gasteiger partial charge in [0.2, 0.25) is 0 Å². The molecule has 0 bridgehead atoms. The van der Waals surface area contributed by atoms with Crippen molar-refractivity contribution < 1.29 is 0 Å². The van der Waals surface area contributed by atoms with Crippen molar-refractivity contribution in [3.63, 3.8) is 0 Å². The van der Waals surface area contributed by atoms with Crippen LogP contribution in [-0.2, 0) is 0 Å². The fourth-order valence-corrected chi connectivity index (χ4v) is 1.96. The van der Waals surface area contributed by atoms with Crippen molar-refractivity contribution in [2.45, 2.75) is 47.0 Å². The molecule has 2 atom stereocenters. The number of rotatable bonds is 0. The minimum Gasteiger partial charge on any atom is -0.344 e. The smallest absolute Gasteiger partial charge is 0.0303 e. The highest BCUT2D eigenvalue weighted by Crippen LogP contribution is 2.44. The summed E-state index contributed by atoms with van der Waals surface area (Å²) < 4.78 is 0. The van der Waals surface area contributed by atoms with Gasteiger partial charge < -0.3 is 6.15 Å². The van der Waals surface area contributed by atoms with Crippen LogP contribution >= 0.6 is 0 Å². The van der Waals surface area contributed by atoms with E-state index in [1.807, 2.05) is 0 Å². The molecule has 0 radical (unpaired) electrons. The third-order valence-electron chi connectivity index (χ3n) is 3.81. The van der Waals surface area contributed by atoms with Crippen LogP contribution in [-0.4, -0.2) is 0 Å². The van der Waals surface area contributed by atoms with Gasteiger partial charge in [-0.1, -0.05) is 47.0 Å². The standard InChI is InChI=1S/C10H20.H3N/c1-8-6-5-7-9(2)10(8,3)4;/h8-9H,5-7H2,1-4H3;1H3. The van der Waals surface area contributed by atoms with Crippen LogP contribution in [0.2, 0.25) is 0 Å². The first-order valence-electron chi connectivity index (χ1n) is 4.55. The van der Waals surface area contributed by atoms with Crippen molar-refractivity contribution in [1.29, 1.82) is 0 Å². The summed E-state index contributed by atoms with van der Waals surface area (Å²) in [5.74, 6) is 1.85. The van der Waals surface area contributed by atoms with Gasteiger partial charge in [-0.05, 0) is 17.3 Å². The van der Waals surface area contributed by atoms with Crippen molar-refractivity contribution in [3.05, 3.63) is 0 Å². The van der Waals surface area contributed by atoms with Crippen LogP contribution in [0, 0.1) is 17.3 Å². The van der Waals surface area contributed by atoms with E-state index >= 15 is 0 Å². The predicted molar refractivity (Wildman–Crippen MR) is 51.0 cm³/mol. The van der Waals surface area contributed by atoms with Crippen LogP contribution in [0.15, 0.2) is 0 Å². The Morgan fingerprint density at radius 1 is 1.00 bits per heavy atom. The monoisotopic (exact) mass is 157 g/mol. The van der Waals surface area contributed by atoms with Gasteiger partial charge in [-0.2, -0.15) is 0 Å². The summed E-state index contributed by atoms with van der Waals surface area (Å²) in [6.07, 6.45) is 4.33. The molecule has 68 valence electrons. The molecule has 0 aromatic heterocycles. The molecule has 1 fully saturated rings. The van der Waals surface area contributed by atoms with Crippen molar-refractivity contribution in [2.24, 2.45) is 17.3 Å². The van der Waals surface area contributed by atoms with Gasteiger partial charge in [0.05, 0.1) is 0 Å². The summed E-state index contributed by atoms with van der Waals surface area (Å²) in [6, 6.07) is 0. The lowest BCUT2D eigenvalue weighted by Gasteiger charge is -2.42. The van der Waals surface area contributed by atoms with E-state index in [1.54, 1.807) is 0 Å².